The Balaban J connectivity index is 1.88. The minimum Gasteiger partial charge on any atom is -0.324 e. The van der Waals surface area contributed by atoms with Crippen molar-refractivity contribution in [3.8, 4) is 0 Å². The third kappa shape index (κ3) is 3.57. The molecule has 0 spiro atoms. The first-order valence-electron chi connectivity index (χ1n) is 7.43. The zero-order chi connectivity index (χ0) is 14.7. The van der Waals surface area contributed by atoms with E-state index in [-0.39, 0.29) is 11.9 Å². The van der Waals surface area contributed by atoms with Gasteiger partial charge in [-0.25, -0.2) is 4.39 Å². The summed E-state index contributed by atoms with van der Waals surface area (Å²) < 4.78 is 13.7. The van der Waals surface area contributed by atoms with Crippen LogP contribution in [0.3, 0.4) is 0 Å². The van der Waals surface area contributed by atoms with E-state index in [1.54, 1.807) is 12.1 Å². The van der Waals surface area contributed by atoms with E-state index in [4.69, 9.17) is 5.73 Å². The molecule has 1 aromatic carbocycles. The number of piperazine rings is 1. The van der Waals surface area contributed by atoms with E-state index in [1.165, 1.54) is 6.07 Å². The molecule has 3 nitrogen and oxygen atoms in total. The summed E-state index contributed by atoms with van der Waals surface area (Å²) in [5.41, 5.74) is 6.76. The van der Waals surface area contributed by atoms with E-state index in [9.17, 15) is 4.39 Å². The minimum atomic E-state index is -0.221. The first-order valence-corrected chi connectivity index (χ1v) is 7.43. The van der Waals surface area contributed by atoms with Gasteiger partial charge in [-0.1, -0.05) is 18.2 Å². The summed E-state index contributed by atoms with van der Waals surface area (Å²) >= 11 is 0. The third-order valence-electron chi connectivity index (χ3n) is 4.50. The monoisotopic (exact) mass is 279 g/mol. The molecule has 4 heteroatoms. The molecular formula is C16H26FN3. The molecule has 0 aliphatic carbocycles. The predicted octanol–water partition coefficient (Wildman–Crippen LogP) is 2.24. The number of benzene rings is 1. The van der Waals surface area contributed by atoms with Crippen LogP contribution in [0, 0.1) is 5.82 Å². The molecule has 3 unspecified atom stereocenters. The highest BCUT2D eigenvalue weighted by Gasteiger charge is 2.26. The molecule has 1 fully saturated rings. The smallest absolute Gasteiger partial charge is 0.127 e. The van der Waals surface area contributed by atoms with Gasteiger partial charge in [0.1, 0.15) is 5.82 Å². The normalized spacial score (nSPS) is 26.6. The second-order valence-electron chi connectivity index (χ2n) is 6.04. The molecule has 1 aromatic rings. The van der Waals surface area contributed by atoms with E-state index >= 15 is 0 Å². The summed E-state index contributed by atoms with van der Waals surface area (Å²) in [7, 11) is 2.18. The molecule has 112 valence electrons. The molecule has 0 radical (unpaired) electrons. The van der Waals surface area contributed by atoms with Gasteiger partial charge in [-0.15, -0.1) is 0 Å². The first-order chi connectivity index (χ1) is 9.49. The van der Waals surface area contributed by atoms with E-state index in [2.05, 4.69) is 30.7 Å². The van der Waals surface area contributed by atoms with Crippen molar-refractivity contribution in [1.82, 2.24) is 9.80 Å². The highest BCUT2D eigenvalue weighted by molar-refractivity contribution is 5.20. The molecule has 0 bridgehead atoms. The number of hydrogen-bond donors (Lipinski definition) is 1. The zero-order valence-electron chi connectivity index (χ0n) is 12.7. The largest absolute Gasteiger partial charge is 0.324 e. The Bertz CT molecular complexity index is 425. The molecule has 3 atom stereocenters. The van der Waals surface area contributed by atoms with Gasteiger partial charge >= 0.3 is 0 Å². The minimum absolute atomic E-state index is 0.194. The van der Waals surface area contributed by atoms with Crippen LogP contribution in [0.15, 0.2) is 24.3 Å². The maximum absolute atomic E-state index is 13.7. The number of halogens is 1. The Kier molecular flexibility index (Phi) is 5.13. The van der Waals surface area contributed by atoms with Crippen LogP contribution in [-0.4, -0.2) is 48.6 Å². The number of hydrogen-bond acceptors (Lipinski definition) is 3. The maximum Gasteiger partial charge on any atom is 0.127 e. The molecule has 0 aromatic heterocycles. The fourth-order valence-corrected chi connectivity index (χ4v) is 2.95. The van der Waals surface area contributed by atoms with E-state index in [0.29, 0.717) is 17.6 Å². The summed E-state index contributed by atoms with van der Waals surface area (Å²) in [5, 5.41) is 0. The average Bonchev–Trinajstić information content (AvgIpc) is 2.42. The highest BCUT2D eigenvalue weighted by Crippen LogP contribution is 2.19. The van der Waals surface area contributed by atoms with Crippen LogP contribution in [0.2, 0.25) is 0 Å². The van der Waals surface area contributed by atoms with Crippen molar-refractivity contribution in [3.05, 3.63) is 35.6 Å². The van der Waals surface area contributed by atoms with Gasteiger partial charge in [0.05, 0.1) is 0 Å². The number of likely N-dealkylation sites (N-methyl/N-ethyl adjacent to an activating group) is 1. The van der Waals surface area contributed by atoms with Gasteiger partial charge in [-0.05, 0) is 33.4 Å². The lowest BCUT2D eigenvalue weighted by Gasteiger charge is -2.42. The summed E-state index contributed by atoms with van der Waals surface area (Å²) in [6.45, 7) is 7.55. The fourth-order valence-electron chi connectivity index (χ4n) is 2.95. The first kappa shape index (κ1) is 15.4. The molecule has 0 amide bonds. The second kappa shape index (κ2) is 6.66. The van der Waals surface area contributed by atoms with Crippen molar-refractivity contribution in [2.45, 2.75) is 38.4 Å². The van der Waals surface area contributed by atoms with Gasteiger partial charge in [0.25, 0.3) is 0 Å². The summed E-state index contributed by atoms with van der Waals surface area (Å²) in [6, 6.07) is 7.71. The van der Waals surface area contributed by atoms with Crippen LogP contribution in [0.4, 0.5) is 4.39 Å². The van der Waals surface area contributed by atoms with Crippen LogP contribution in [-0.2, 0) is 0 Å². The van der Waals surface area contributed by atoms with Crippen LogP contribution < -0.4 is 5.73 Å². The van der Waals surface area contributed by atoms with Crippen molar-refractivity contribution in [1.29, 1.82) is 0 Å². The lowest BCUT2D eigenvalue weighted by Crippen LogP contribution is -2.55. The molecule has 0 saturated carbocycles. The predicted molar refractivity (Wildman–Crippen MR) is 81.1 cm³/mol. The molecule has 2 N–H and O–H groups in total. The molecule has 2 rings (SSSR count). The van der Waals surface area contributed by atoms with E-state index in [0.717, 1.165) is 26.1 Å². The van der Waals surface area contributed by atoms with Crippen molar-refractivity contribution < 1.29 is 4.39 Å². The van der Waals surface area contributed by atoms with Gasteiger partial charge in [-0.3, -0.25) is 4.90 Å². The molecular weight excluding hydrogens is 253 g/mol. The standard InChI is InChI=1S/C16H26FN3/c1-12-10-20(11-13(2)19(12)3)9-8-16(18)14-6-4-5-7-15(14)17/h4-7,12-13,16H,8-11,18H2,1-3H3. The number of nitrogens with two attached hydrogens (primary N) is 1. The van der Waals surface area contributed by atoms with Crippen LogP contribution in [0.5, 0.6) is 0 Å². The fraction of sp³-hybridized carbons (Fsp3) is 0.625. The molecule has 1 aliphatic heterocycles. The summed E-state index contributed by atoms with van der Waals surface area (Å²) in [4.78, 5) is 4.85. The van der Waals surface area contributed by atoms with E-state index in [1.807, 2.05) is 6.07 Å². The zero-order valence-corrected chi connectivity index (χ0v) is 12.7. The maximum atomic E-state index is 13.7. The van der Waals surface area contributed by atoms with Gasteiger partial charge < -0.3 is 10.6 Å². The quantitative estimate of drug-likeness (QED) is 0.917. The summed E-state index contributed by atoms with van der Waals surface area (Å²) in [6.07, 6.45) is 0.796. The van der Waals surface area contributed by atoms with Crippen molar-refractivity contribution in [3.63, 3.8) is 0 Å². The third-order valence-corrected chi connectivity index (χ3v) is 4.50. The Morgan fingerprint density at radius 1 is 1.25 bits per heavy atom. The van der Waals surface area contributed by atoms with E-state index < -0.39 is 0 Å². The van der Waals surface area contributed by atoms with Gasteiger partial charge in [0, 0.05) is 43.3 Å². The molecule has 1 aliphatic rings. The topological polar surface area (TPSA) is 32.5 Å². The Labute approximate surface area is 121 Å². The SMILES string of the molecule is CC1CN(CCC(N)c2ccccc2F)CC(C)N1C. The Hall–Kier alpha value is -0.970. The Morgan fingerprint density at radius 2 is 1.85 bits per heavy atom. The number of rotatable bonds is 4. The van der Waals surface area contributed by atoms with Gasteiger partial charge in [-0.2, -0.15) is 0 Å². The molecule has 1 saturated heterocycles. The second-order valence-corrected chi connectivity index (χ2v) is 6.04. The van der Waals surface area contributed by atoms with Crippen LogP contribution >= 0.6 is 0 Å². The Morgan fingerprint density at radius 3 is 2.45 bits per heavy atom. The highest BCUT2D eigenvalue weighted by atomic mass is 19.1. The molecule has 20 heavy (non-hydrogen) atoms. The van der Waals surface area contributed by atoms with Crippen LogP contribution in [0.1, 0.15) is 31.9 Å². The van der Waals surface area contributed by atoms with Gasteiger partial charge in [0.15, 0.2) is 0 Å². The average molecular weight is 279 g/mol. The van der Waals surface area contributed by atoms with Crippen molar-refractivity contribution in [2.75, 3.05) is 26.7 Å². The lowest BCUT2D eigenvalue weighted by atomic mass is 10.0. The van der Waals surface area contributed by atoms with Gasteiger partial charge in [0.2, 0.25) is 0 Å². The summed E-state index contributed by atoms with van der Waals surface area (Å²) in [5.74, 6) is -0.194. The number of nitrogens with zero attached hydrogens (tertiary/aromatic N) is 2. The molecule has 1 heterocycles. The van der Waals surface area contributed by atoms with Crippen molar-refractivity contribution >= 4 is 0 Å². The lowest BCUT2D eigenvalue weighted by molar-refractivity contribution is 0.0584. The van der Waals surface area contributed by atoms with Crippen LogP contribution in [0.25, 0.3) is 0 Å². The van der Waals surface area contributed by atoms with Crippen molar-refractivity contribution in [2.24, 2.45) is 5.73 Å².